The first kappa shape index (κ1) is 39.7. The van der Waals surface area contributed by atoms with Crippen molar-refractivity contribution in [2.45, 2.75) is 47.7 Å². The lowest BCUT2D eigenvalue weighted by molar-refractivity contribution is 0.399. The summed E-state index contributed by atoms with van der Waals surface area (Å²) in [7, 11) is 0. The Labute approximate surface area is 315 Å². The van der Waals surface area contributed by atoms with E-state index < -0.39 is 53.0 Å². The van der Waals surface area contributed by atoms with Crippen molar-refractivity contribution >= 4 is 267 Å². The molecular formula is C12Cl23. The maximum absolute atomic E-state index is 6.36. The maximum atomic E-state index is 6.36. The summed E-state index contributed by atoms with van der Waals surface area (Å²) in [5.41, 5.74) is 0. The second-order valence-electron chi connectivity index (χ2n) is 6.63. The van der Waals surface area contributed by atoms with Crippen LogP contribution in [0.2, 0.25) is 0 Å². The molecule has 0 nitrogen and oxygen atoms in total. The molecule has 0 aromatic carbocycles. The van der Waals surface area contributed by atoms with Crippen LogP contribution in [0.3, 0.4) is 0 Å². The minimum absolute atomic E-state index is 1.16. The van der Waals surface area contributed by atoms with E-state index in [1.807, 2.05) is 0 Å². The van der Waals surface area contributed by atoms with E-state index in [0.29, 0.717) is 0 Å². The molecule has 35 heavy (non-hydrogen) atoms. The van der Waals surface area contributed by atoms with Crippen LogP contribution in [-0.2, 0) is 0 Å². The zero-order valence-corrected chi connectivity index (χ0v) is 32.1. The van der Waals surface area contributed by atoms with E-state index in [-0.39, 0.29) is 0 Å². The molecule has 0 atom stereocenters. The van der Waals surface area contributed by atoms with Crippen LogP contribution in [-0.4, -0.2) is 47.7 Å². The second-order valence-corrected chi connectivity index (χ2v) is 21.6. The highest BCUT2D eigenvalue weighted by molar-refractivity contribution is 6.84. The van der Waals surface area contributed by atoms with Crippen LogP contribution in [0.5, 0.6) is 0 Å². The SMILES string of the molecule is Cl[C]1C(Cl)(Cl)C(Cl)(Cl)C(Cl)(Cl)C(Cl)(Cl)C(Cl)(Cl)C(Cl)(Cl)C(Cl)(Cl)C(Cl)(Cl)C(Cl)(Cl)C(Cl)(Cl)C1(Cl)Cl. The molecule has 1 fully saturated rings. The van der Waals surface area contributed by atoms with E-state index in [2.05, 4.69) is 0 Å². The molecule has 1 rings (SSSR count). The van der Waals surface area contributed by atoms with Gasteiger partial charge in [-0.3, -0.25) is 0 Å². The third-order valence-electron chi connectivity index (χ3n) is 4.49. The van der Waals surface area contributed by atoms with E-state index >= 15 is 0 Å². The van der Waals surface area contributed by atoms with Gasteiger partial charge in [-0.25, -0.2) is 0 Å². The van der Waals surface area contributed by atoms with Gasteiger partial charge in [0.05, 0.1) is 0 Å². The Balaban J connectivity index is 4.45. The molecule has 1 radical (unpaired) electrons. The molecule has 0 aromatic rings. The molecule has 0 heterocycles. The Morgan fingerprint density at radius 1 is 0.229 bits per heavy atom. The zero-order valence-electron chi connectivity index (χ0n) is 14.7. The summed E-state index contributed by atoms with van der Waals surface area (Å²) in [5, 5.41) is -1.16. The highest BCUT2D eigenvalue weighted by Gasteiger charge is 2.87. The Morgan fingerprint density at radius 2 is 0.343 bits per heavy atom. The van der Waals surface area contributed by atoms with Gasteiger partial charge in [-0.1, -0.05) is 255 Å². The number of hydrogen-bond donors (Lipinski definition) is 0. The lowest BCUT2D eigenvalue weighted by Gasteiger charge is -2.59. The maximum Gasteiger partial charge on any atom is 0.189 e. The predicted octanol–water partition coefficient (Wildman–Crippen LogP) is 13.7. The average Bonchev–Trinajstić information content (AvgIpc) is 2.64. The lowest BCUT2D eigenvalue weighted by Crippen LogP contribution is -2.75. The van der Waals surface area contributed by atoms with Crippen molar-refractivity contribution < 1.29 is 0 Å². The fourth-order valence-corrected chi connectivity index (χ4v) is 10.7. The van der Waals surface area contributed by atoms with Crippen LogP contribution in [0.1, 0.15) is 0 Å². The average molecular weight is 960 g/mol. The summed E-state index contributed by atoms with van der Waals surface area (Å²) in [4.78, 5) is 0. The van der Waals surface area contributed by atoms with Crippen molar-refractivity contribution in [2.24, 2.45) is 0 Å². The van der Waals surface area contributed by atoms with Crippen molar-refractivity contribution in [1.29, 1.82) is 0 Å². The smallest absolute Gasteiger partial charge is 0.110 e. The molecule has 1 aliphatic rings. The molecule has 23 heteroatoms. The molecule has 0 aromatic heterocycles. The predicted molar refractivity (Wildman–Crippen MR) is 168 cm³/mol. The van der Waals surface area contributed by atoms with Gasteiger partial charge in [-0.15, -0.1) is 11.6 Å². The van der Waals surface area contributed by atoms with Gasteiger partial charge >= 0.3 is 0 Å². The largest absolute Gasteiger partial charge is 0.189 e. The molecule has 0 unspecified atom stereocenters. The van der Waals surface area contributed by atoms with E-state index in [1.54, 1.807) is 0 Å². The molecule has 0 aliphatic heterocycles. The molecular weight excluding hydrogens is 960 g/mol. The van der Waals surface area contributed by atoms with Crippen LogP contribution in [0.25, 0.3) is 0 Å². The number of hydrogen-bond acceptors (Lipinski definition) is 0. The van der Waals surface area contributed by atoms with Gasteiger partial charge in [0.25, 0.3) is 0 Å². The van der Waals surface area contributed by atoms with Crippen LogP contribution >= 0.6 is 267 Å². The molecule has 0 amide bonds. The summed E-state index contributed by atoms with van der Waals surface area (Å²) in [6.45, 7) is 0. The first-order valence-corrected chi connectivity index (χ1v) is 16.0. The van der Waals surface area contributed by atoms with Crippen molar-refractivity contribution in [2.75, 3.05) is 0 Å². The van der Waals surface area contributed by atoms with Gasteiger partial charge in [0, 0.05) is 0 Å². The molecule has 0 spiro atoms. The van der Waals surface area contributed by atoms with E-state index in [9.17, 15) is 0 Å². The summed E-state index contributed by atoms with van der Waals surface area (Å²) in [6, 6.07) is 0. The van der Waals surface area contributed by atoms with Crippen molar-refractivity contribution in [1.82, 2.24) is 0 Å². The van der Waals surface area contributed by atoms with Crippen LogP contribution in [0.4, 0.5) is 0 Å². The summed E-state index contributed by atoms with van der Waals surface area (Å²) < 4.78 is -34.8. The first-order chi connectivity index (χ1) is 14.7. The molecule has 1 aliphatic carbocycles. The third kappa shape index (κ3) is 5.15. The normalized spacial score (nSPS) is 33.7. The fraction of sp³-hybridized carbons (Fsp3) is 0.917. The zero-order chi connectivity index (χ0) is 29.1. The highest BCUT2D eigenvalue weighted by Crippen LogP contribution is 2.78. The Kier molecular flexibility index (Phi) is 12.7. The molecule has 0 bridgehead atoms. The second kappa shape index (κ2) is 11.2. The summed E-state index contributed by atoms with van der Waals surface area (Å²) in [5.74, 6) is 0. The molecule has 0 N–H and O–H groups in total. The van der Waals surface area contributed by atoms with E-state index in [0.717, 1.165) is 0 Å². The number of halogens is 23. The standard InChI is InChI=1S/C12Cl23/c13-1-2(14,15)4(18,19)6(22,23)8(26,27)10(30,31)12(34,35)11(32,33)9(28,29)7(24,25)5(20,21)3(1,16)17. The Bertz CT molecular complexity index is 765. The van der Waals surface area contributed by atoms with Gasteiger partial charge in [-0.2, -0.15) is 0 Å². The van der Waals surface area contributed by atoms with Gasteiger partial charge in [0.15, 0.2) is 47.7 Å². The minimum atomic E-state index is -3.23. The van der Waals surface area contributed by atoms with E-state index in [1.165, 1.54) is 0 Å². The monoisotopic (exact) mass is 948 g/mol. The summed E-state index contributed by atoms with van der Waals surface area (Å²) >= 11 is 146. The topological polar surface area (TPSA) is 0 Å². The van der Waals surface area contributed by atoms with Crippen molar-refractivity contribution in [3.8, 4) is 0 Å². The van der Waals surface area contributed by atoms with Crippen LogP contribution in [0, 0.1) is 5.38 Å². The number of rotatable bonds is 0. The highest BCUT2D eigenvalue weighted by atomic mass is 35.6. The van der Waals surface area contributed by atoms with Crippen LogP contribution < -0.4 is 0 Å². The summed E-state index contributed by atoms with van der Waals surface area (Å²) in [6.07, 6.45) is 0. The fourth-order valence-electron chi connectivity index (χ4n) is 2.25. The van der Waals surface area contributed by atoms with Gasteiger partial charge in [0.1, 0.15) is 5.38 Å². The third-order valence-corrected chi connectivity index (χ3v) is 21.4. The molecule has 209 valence electrons. The lowest BCUT2D eigenvalue weighted by atomic mass is 9.94. The Hall–Kier alpha value is 6.67. The van der Waals surface area contributed by atoms with Gasteiger partial charge in [0.2, 0.25) is 0 Å². The Morgan fingerprint density at radius 3 is 0.486 bits per heavy atom. The first-order valence-electron chi connectivity index (χ1n) is 7.35. The minimum Gasteiger partial charge on any atom is -0.110 e. The number of alkyl halides is 22. The van der Waals surface area contributed by atoms with Gasteiger partial charge in [-0.05, 0) is 0 Å². The van der Waals surface area contributed by atoms with Crippen molar-refractivity contribution in [3.63, 3.8) is 0 Å². The molecule has 1 saturated carbocycles. The molecule has 0 saturated heterocycles. The van der Waals surface area contributed by atoms with Crippen LogP contribution in [0.15, 0.2) is 0 Å². The van der Waals surface area contributed by atoms with E-state index in [4.69, 9.17) is 267 Å². The van der Waals surface area contributed by atoms with Gasteiger partial charge < -0.3 is 0 Å². The van der Waals surface area contributed by atoms with Crippen molar-refractivity contribution in [3.05, 3.63) is 5.38 Å². The quantitative estimate of drug-likeness (QED) is 0.212.